The minimum Gasteiger partial charge on any atom is -0.349 e. The number of aromatic amines is 1. The van der Waals surface area contributed by atoms with Gasteiger partial charge in [0.1, 0.15) is 12.0 Å². The molecule has 3 N–H and O–H groups in total. The maximum atomic E-state index is 15.7. The van der Waals surface area contributed by atoms with Crippen LogP contribution in [0.3, 0.4) is 0 Å². The quantitative estimate of drug-likeness (QED) is 0.354. The van der Waals surface area contributed by atoms with Gasteiger partial charge in [-0.25, -0.2) is 13.8 Å². The summed E-state index contributed by atoms with van der Waals surface area (Å²) in [6.07, 6.45) is 7.99. The summed E-state index contributed by atoms with van der Waals surface area (Å²) in [5, 5.41) is 12.8. The van der Waals surface area contributed by atoms with Gasteiger partial charge in [0, 0.05) is 28.6 Å². The molecule has 186 valence electrons. The van der Waals surface area contributed by atoms with E-state index in [4.69, 9.17) is 11.6 Å². The van der Waals surface area contributed by atoms with E-state index in [0.29, 0.717) is 27.8 Å². The number of rotatable bonds is 6. The molecule has 36 heavy (non-hydrogen) atoms. The lowest BCUT2D eigenvalue weighted by atomic mass is 9.84. The summed E-state index contributed by atoms with van der Waals surface area (Å²) in [7, 11) is 0. The molecule has 1 aromatic carbocycles. The van der Waals surface area contributed by atoms with Crippen molar-refractivity contribution in [3.63, 3.8) is 0 Å². The number of benzene rings is 1. The SMILES string of the molecule is CC(NC(=O)C1CCC1)c1c(F)c(Cl)c(-c2cn3cc(NC(=O)[C@@H]4C[C@@H]4F)nc3cn2)c2cn[nH]c12. The minimum absolute atomic E-state index is 0.0361. The number of nitrogens with one attached hydrogen (secondary N) is 3. The first-order chi connectivity index (χ1) is 17.3. The Morgan fingerprint density at radius 1 is 1.25 bits per heavy atom. The van der Waals surface area contributed by atoms with Gasteiger partial charge >= 0.3 is 0 Å². The molecule has 2 saturated carbocycles. The van der Waals surface area contributed by atoms with Crippen molar-refractivity contribution in [3.05, 3.63) is 41.2 Å². The zero-order valence-electron chi connectivity index (χ0n) is 19.2. The molecule has 0 spiro atoms. The van der Waals surface area contributed by atoms with E-state index in [9.17, 15) is 14.0 Å². The lowest BCUT2D eigenvalue weighted by Crippen LogP contribution is -2.36. The fourth-order valence-corrected chi connectivity index (χ4v) is 4.91. The predicted molar refractivity (Wildman–Crippen MR) is 129 cm³/mol. The highest BCUT2D eigenvalue weighted by Gasteiger charge is 2.43. The number of hydrogen-bond acceptors (Lipinski definition) is 5. The molecule has 0 bridgehead atoms. The van der Waals surface area contributed by atoms with E-state index in [1.807, 2.05) is 0 Å². The van der Waals surface area contributed by atoms with Crippen LogP contribution in [0.5, 0.6) is 0 Å². The van der Waals surface area contributed by atoms with Gasteiger partial charge in [-0.3, -0.25) is 19.7 Å². The van der Waals surface area contributed by atoms with E-state index in [2.05, 4.69) is 30.8 Å². The van der Waals surface area contributed by atoms with Crippen LogP contribution in [0.2, 0.25) is 5.02 Å². The minimum atomic E-state index is -1.11. The molecular formula is C24H22ClF2N7O2. The molecule has 0 saturated heterocycles. The Morgan fingerprint density at radius 2 is 2.03 bits per heavy atom. The second-order valence-electron chi connectivity index (χ2n) is 9.45. The van der Waals surface area contributed by atoms with Crippen molar-refractivity contribution in [3.8, 4) is 11.3 Å². The van der Waals surface area contributed by atoms with Crippen LogP contribution in [-0.2, 0) is 9.59 Å². The Kier molecular flexibility index (Phi) is 5.40. The van der Waals surface area contributed by atoms with Crippen LogP contribution < -0.4 is 10.6 Å². The fraction of sp³-hybridized carbons (Fsp3) is 0.375. The van der Waals surface area contributed by atoms with Crippen LogP contribution >= 0.6 is 11.6 Å². The molecule has 0 aliphatic heterocycles. The van der Waals surface area contributed by atoms with Gasteiger partial charge in [-0.1, -0.05) is 18.0 Å². The topological polar surface area (TPSA) is 117 Å². The van der Waals surface area contributed by atoms with Crippen LogP contribution in [0.25, 0.3) is 27.8 Å². The monoisotopic (exact) mass is 513 g/mol. The van der Waals surface area contributed by atoms with Crippen molar-refractivity contribution >= 4 is 45.8 Å². The van der Waals surface area contributed by atoms with E-state index in [-0.39, 0.29) is 34.6 Å². The van der Waals surface area contributed by atoms with Crippen LogP contribution in [-0.4, -0.2) is 42.6 Å². The number of hydrogen-bond donors (Lipinski definition) is 3. The van der Waals surface area contributed by atoms with Gasteiger partial charge < -0.3 is 15.0 Å². The van der Waals surface area contributed by atoms with Crippen LogP contribution in [0.4, 0.5) is 14.6 Å². The molecule has 2 amide bonds. The summed E-state index contributed by atoms with van der Waals surface area (Å²) >= 11 is 6.54. The lowest BCUT2D eigenvalue weighted by Gasteiger charge is -2.26. The first-order valence-corrected chi connectivity index (χ1v) is 12.1. The maximum Gasteiger partial charge on any atom is 0.231 e. The van der Waals surface area contributed by atoms with E-state index < -0.39 is 29.9 Å². The van der Waals surface area contributed by atoms with Gasteiger partial charge in [-0.2, -0.15) is 5.10 Å². The Balaban J connectivity index is 1.35. The Bertz CT molecular complexity index is 1530. The molecule has 4 aromatic rings. The van der Waals surface area contributed by atoms with Crippen molar-refractivity contribution in [1.82, 2.24) is 29.9 Å². The van der Waals surface area contributed by atoms with Gasteiger partial charge in [-0.05, 0) is 26.2 Å². The van der Waals surface area contributed by atoms with E-state index in [1.165, 1.54) is 12.4 Å². The molecule has 9 nitrogen and oxygen atoms in total. The van der Waals surface area contributed by atoms with Gasteiger partial charge in [0.25, 0.3) is 0 Å². The number of H-pyrrole nitrogens is 1. The maximum absolute atomic E-state index is 15.7. The molecule has 6 rings (SSSR count). The van der Waals surface area contributed by atoms with Crippen molar-refractivity contribution in [2.75, 3.05) is 5.32 Å². The normalized spacial score (nSPS) is 20.3. The van der Waals surface area contributed by atoms with Crippen molar-refractivity contribution in [2.24, 2.45) is 11.8 Å². The first kappa shape index (κ1) is 22.8. The second-order valence-corrected chi connectivity index (χ2v) is 9.82. The Labute approximate surface area is 208 Å². The second kappa shape index (κ2) is 8.51. The lowest BCUT2D eigenvalue weighted by molar-refractivity contribution is -0.128. The van der Waals surface area contributed by atoms with Gasteiger partial charge in [0.15, 0.2) is 11.5 Å². The van der Waals surface area contributed by atoms with Crippen LogP contribution in [0.15, 0.2) is 24.8 Å². The highest BCUT2D eigenvalue weighted by molar-refractivity contribution is 6.35. The average Bonchev–Trinajstić information content (AvgIpc) is 3.15. The third-order valence-corrected chi connectivity index (χ3v) is 7.35. The van der Waals surface area contributed by atoms with E-state index in [0.717, 1.165) is 19.3 Å². The zero-order chi connectivity index (χ0) is 25.1. The van der Waals surface area contributed by atoms with Gasteiger partial charge in [0.05, 0.1) is 46.8 Å². The molecule has 0 radical (unpaired) electrons. The number of nitrogens with zero attached hydrogens (tertiary/aromatic N) is 4. The molecule has 12 heteroatoms. The summed E-state index contributed by atoms with van der Waals surface area (Å²) in [5.74, 6) is -1.60. The molecule has 3 heterocycles. The van der Waals surface area contributed by atoms with E-state index >= 15 is 4.39 Å². The number of carbonyl (C=O) groups excluding carboxylic acids is 2. The fourth-order valence-electron chi connectivity index (χ4n) is 4.61. The molecule has 2 aliphatic rings. The third kappa shape index (κ3) is 3.78. The Hall–Kier alpha value is -3.60. The number of amides is 2. The average molecular weight is 514 g/mol. The number of anilines is 1. The summed E-state index contributed by atoms with van der Waals surface area (Å²) in [6, 6.07) is -0.627. The summed E-state index contributed by atoms with van der Waals surface area (Å²) in [4.78, 5) is 33.2. The molecular weight excluding hydrogens is 492 g/mol. The largest absolute Gasteiger partial charge is 0.349 e. The van der Waals surface area contributed by atoms with Gasteiger partial charge in [0.2, 0.25) is 11.8 Å². The van der Waals surface area contributed by atoms with E-state index in [1.54, 1.807) is 23.7 Å². The Morgan fingerprint density at radius 3 is 2.72 bits per heavy atom. The van der Waals surface area contributed by atoms with Crippen molar-refractivity contribution < 1.29 is 18.4 Å². The van der Waals surface area contributed by atoms with Crippen LogP contribution in [0, 0.1) is 17.7 Å². The molecule has 1 unspecified atom stereocenters. The number of alkyl halides is 1. The van der Waals surface area contributed by atoms with Crippen LogP contribution in [0.1, 0.15) is 44.2 Å². The molecule has 3 aromatic heterocycles. The summed E-state index contributed by atoms with van der Waals surface area (Å²) in [6.45, 7) is 1.71. The third-order valence-electron chi connectivity index (χ3n) is 6.99. The smallest absolute Gasteiger partial charge is 0.231 e. The molecule has 2 fully saturated rings. The number of aromatic nitrogens is 5. The first-order valence-electron chi connectivity index (χ1n) is 11.8. The number of fused-ring (bicyclic) bond motifs is 2. The summed E-state index contributed by atoms with van der Waals surface area (Å²) in [5.41, 5.74) is 1.77. The molecule has 3 atom stereocenters. The number of carbonyl (C=O) groups is 2. The van der Waals surface area contributed by atoms with Crippen molar-refractivity contribution in [1.29, 1.82) is 0 Å². The molecule has 2 aliphatic carbocycles. The summed E-state index contributed by atoms with van der Waals surface area (Å²) < 4.78 is 30.5. The number of halogens is 3. The predicted octanol–water partition coefficient (Wildman–Crippen LogP) is 4.34. The highest BCUT2D eigenvalue weighted by Crippen LogP contribution is 2.41. The highest BCUT2D eigenvalue weighted by atomic mass is 35.5. The zero-order valence-corrected chi connectivity index (χ0v) is 19.9. The van der Waals surface area contributed by atoms with Gasteiger partial charge in [-0.15, -0.1) is 0 Å². The number of imidazole rings is 1. The standard InChI is InChI=1S/C24H22ClF2N7O2/c1-10(30-23(35)11-3-2-4-11)18-21(27)20(25)19(13-6-29-33-22(13)18)15-8-34-9-16(31-17(34)7-28-15)32-24(36)12-5-14(12)26/h6-12,14H,2-5H2,1H3,(H,29,33)(H,30,35)(H,32,36)/t10?,12-,14+/m1/s1. The van der Waals surface area contributed by atoms with Crippen molar-refractivity contribution in [2.45, 2.75) is 44.8 Å².